The highest BCUT2D eigenvalue weighted by Gasteiger charge is 2.26. The molecule has 1 fully saturated rings. The molecule has 126 valence electrons. The van der Waals surface area contributed by atoms with Crippen molar-refractivity contribution >= 4 is 33.3 Å². The summed E-state index contributed by atoms with van der Waals surface area (Å²) < 4.78 is 0. The van der Waals surface area contributed by atoms with E-state index >= 15 is 0 Å². The molecule has 1 aliphatic rings. The van der Waals surface area contributed by atoms with Crippen molar-refractivity contribution in [1.82, 2.24) is 15.0 Å². The lowest BCUT2D eigenvalue weighted by atomic mass is 10.0. The number of aromatic nitrogens is 3. The SMILES string of the molecule is O=C(Nc1cnc(C2CC2)nc1)c1cc2ccccc2c2cccnc12. The summed E-state index contributed by atoms with van der Waals surface area (Å²) in [6.45, 7) is 0. The zero-order chi connectivity index (χ0) is 17.5. The van der Waals surface area contributed by atoms with Crippen molar-refractivity contribution in [2.75, 3.05) is 5.32 Å². The van der Waals surface area contributed by atoms with Gasteiger partial charge in [-0.1, -0.05) is 30.3 Å². The molecule has 2 heterocycles. The van der Waals surface area contributed by atoms with Gasteiger partial charge in [-0.2, -0.15) is 0 Å². The lowest BCUT2D eigenvalue weighted by Gasteiger charge is -2.10. The molecule has 1 saturated carbocycles. The third kappa shape index (κ3) is 2.58. The minimum absolute atomic E-state index is 0.206. The van der Waals surface area contributed by atoms with Gasteiger partial charge >= 0.3 is 0 Å². The molecule has 5 rings (SSSR count). The molecule has 0 atom stereocenters. The lowest BCUT2D eigenvalue weighted by Crippen LogP contribution is -2.13. The van der Waals surface area contributed by atoms with Gasteiger partial charge in [-0.05, 0) is 35.7 Å². The van der Waals surface area contributed by atoms with Gasteiger partial charge < -0.3 is 5.32 Å². The van der Waals surface area contributed by atoms with Crippen LogP contribution < -0.4 is 5.32 Å². The predicted octanol–water partition coefficient (Wildman–Crippen LogP) is 4.31. The van der Waals surface area contributed by atoms with Gasteiger partial charge in [0.1, 0.15) is 5.82 Å². The van der Waals surface area contributed by atoms with Gasteiger partial charge in [-0.3, -0.25) is 9.78 Å². The number of nitrogens with zero attached hydrogens (tertiary/aromatic N) is 3. The monoisotopic (exact) mass is 340 g/mol. The summed E-state index contributed by atoms with van der Waals surface area (Å²) in [5, 5.41) is 5.97. The fraction of sp³-hybridized carbons (Fsp3) is 0.143. The first-order valence-electron chi connectivity index (χ1n) is 8.69. The van der Waals surface area contributed by atoms with Crippen LogP contribution in [0.25, 0.3) is 21.7 Å². The Kier molecular flexibility index (Phi) is 3.38. The van der Waals surface area contributed by atoms with Gasteiger partial charge in [0.2, 0.25) is 0 Å². The molecule has 0 radical (unpaired) electrons. The minimum atomic E-state index is -0.206. The molecule has 2 aromatic carbocycles. The Balaban J connectivity index is 1.55. The number of carbonyl (C=O) groups excluding carboxylic acids is 1. The van der Waals surface area contributed by atoms with Crippen LogP contribution in [-0.4, -0.2) is 20.9 Å². The molecule has 1 N–H and O–H groups in total. The predicted molar refractivity (Wildman–Crippen MR) is 101 cm³/mol. The molecule has 0 saturated heterocycles. The van der Waals surface area contributed by atoms with E-state index in [1.165, 1.54) is 0 Å². The molecule has 2 aromatic heterocycles. The van der Waals surface area contributed by atoms with Crippen molar-refractivity contribution < 1.29 is 4.79 Å². The van der Waals surface area contributed by atoms with Gasteiger partial charge in [0.15, 0.2) is 0 Å². The second-order valence-corrected chi connectivity index (χ2v) is 6.60. The highest BCUT2D eigenvalue weighted by Crippen LogP contribution is 2.37. The van der Waals surface area contributed by atoms with Crippen LogP contribution in [0.3, 0.4) is 0 Å². The Morgan fingerprint density at radius 1 is 0.962 bits per heavy atom. The Morgan fingerprint density at radius 2 is 1.73 bits per heavy atom. The normalized spacial score (nSPS) is 13.8. The minimum Gasteiger partial charge on any atom is -0.319 e. The Bertz CT molecular complexity index is 1130. The molecule has 5 heteroatoms. The number of fused-ring (bicyclic) bond motifs is 3. The van der Waals surface area contributed by atoms with E-state index < -0.39 is 0 Å². The van der Waals surface area contributed by atoms with Crippen LogP contribution in [0.4, 0.5) is 5.69 Å². The molecule has 0 spiro atoms. The average Bonchev–Trinajstić information content (AvgIpc) is 3.53. The van der Waals surface area contributed by atoms with Crippen molar-refractivity contribution in [2.24, 2.45) is 0 Å². The average molecular weight is 340 g/mol. The standard InChI is InChI=1S/C21H16N4O/c26-21(25-15-11-23-20(24-12-15)13-7-8-13)18-10-14-4-1-2-5-16(14)17-6-3-9-22-19(17)18/h1-6,9-13H,7-8H2,(H,25,26). The number of pyridine rings is 1. The molecule has 0 unspecified atom stereocenters. The van der Waals surface area contributed by atoms with Crippen molar-refractivity contribution in [2.45, 2.75) is 18.8 Å². The Hall–Kier alpha value is -3.34. The summed E-state index contributed by atoms with van der Waals surface area (Å²) >= 11 is 0. The quantitative estimate of drug-likeness (QED) is 0.564. The molecular weight excluding hydrogens is 324 g/mol. The summed E-state index contributed by atoms with van der Waals surface area (Å²) in [6, 6.07) is 13.8. The first-order valence-corrected chi connectivity index (χ1v) is 8.69. The summed E-state index contributed by atoms with van der Waals surface area (Å²) in [4.78, 5) is 26.1. The summed E-state index contributed by atoms with van der Waals surface area (Å²) in [6.07, 6.45) is 7.37. The van der Waals surface area contributed by atoms with Crippen LogP contribution in [0.1, 0.15) is 34.9 Å². The highest BCUT2D eigenvalue weighted by atomic mass is 16.1. The molecule has 4 aromatic rings. The van der Waals surface area contributed by atoms with Crippen LogP contribution in [0.15, 0.2) is 61.1 Å². The maximum absolute atomic E-state index is 12.9. The van der Waals surface area contributed by atoms with Gasteiger partial charge in [0.25, 0.3) is 5.91 Å². The van der Waals surface area contributed by atoms with Crippen molar-refractivity contribution in [3.63, 3.8) is 0 Å². The number of hydrogen-bond donors (Lipinski definition) is 1. The lowest BCUT2D eigenvalue weighted by molar-refractivity contribution is 0.102. The second-order valence-electron chi connectivity index (χ2n) is 6.60. The zero-order valence-corrected chi connectivity index (χ0v) is 14.0. The zero-order valence-electron chi connectivity index (χ0n) is 14.0. The van der Waals surface area contributed by atoms with Gasteiger partial charge in [0, 0.05) is 17.5 Å². The number of anilines is 1. The molecular formula is C21H16N4O. The van der Waals surface area contributed by atoms with E-state index in [4.69, 9.17) is 0 Å². The topological polar surface area (TPSA) is 67.8 Å². The van der Waals surface area contributed by atoms with Crippen LogP contribution in [-0.2, 0) is 0 Å². The number of benzene rings is 2. The van der Waals surface area contributed by atoms with Gasteiger partial charge in [0.05, 0.1) is 29.2 Å². The van der Waals surface area contributed by atoms with Crippen LogP contribution in [0.2, 0.25) is 0 Å². The van der Waals surface area contributed by atoms with E-state index in [9.17, 15) is 4.79 Å². The van der Waals surface area contributed by atoms with E-state index in [-0.39, 0.29) is 5.91 Å². The Morgan fingerprint density at radius 3 is 2.54 bits per heavy atom. The third-order valence-electron chi connectivity index (χ3n) is 4.73. The third-order valence-corrected chi connectivity index (χ3v) is 4.73. The van der Waals surface area contributed by atoms with Crippen molar-refractivity contribution in [1.29, 1.82) is 0 Å². The molecule has 1 aliphatic carbocycles. The molecule has 1 amide bonds. The van der Waals surface area contributed by atoms with E-state index in [0.717, 1.165) is 34.8 Å². The van der Waals surface area contributed by atoms with Crippen LogP contribution in [0.5, 0.6) is 0 Å². The van der Waals surface area contributed by atoms with Crippen molar-refractivity contribution in [3.8, 4) is 0 Å². The summed E-state index contributed by atoms with van der Waals surface area (Å²) in [7, 11) is 0. The molecule has 5 nitrogen and oxygen atoms in total. The largest absolute Gasteiger partial charge is 0.319 e. The number of rotatable bonds is 3. The number of hydrogen-bond acceptors (Lipinski definition) is 4. The summed E-state index contributed by atoms with van der Waals surface area (Å²) in [5.41, 5.74) is 1.83. The number of carbonyl (C=O) groups is 1. The highest BCUT2D eigenvalue weighted by molar-refractivity contribution is 6.18. The van der Waals surface area contributed by atoms with E-state index in [0.29, 0.717) is 22.7 Å². The van der Waals surface area contributed by atoms with E-state index in [1.807, 2.05) is 42.5 Å². The van der Waals surface area contributed by atoms with Crippen LogP contribution >= 0.6 is 0 Å². The van der Waals surface area contributed by atoms with E-state index in [1.54, 1.807) is 18.6 Å². The van der Waals surface area contributed by atoms with Gasteiger partial charge in [-0.25, -0.2) is 9.97 Å². The number of amides is 1. The molecule has 0 aliphatic heterocycles. The Labute approximate surface area is 150 Å². The molecule has 0 bridgehead atoms. The fourth-order valence-electron chi connectivity index (χ4n) is 3.26. The fourth-order valence-corrected chi connectivity index (χ4v) is 3.26. The number of nitrogens with one attached hydrogen (secondary N) is 1. The van der Waals surface area contributed by atoms with Crippen molar-refractivity contribution in [3.05, 3.63) is 72.4 Å². The first kappa shape index (κ1) is 15.0. The maximum Gasteiger partial charge on any atom is 0.257 e. The summed E-state index contributed by atoms with van der Waals surface area (Å²) in [5.74, 6) is 1.15. The second kappa shape index (κ2) is 5.88. The smallest absolute Gasteiger partial charge is 0.257 e. The molecule has 26 heavy (non-hydrogen) atoms. The first-order chi connectivity index (χ1) is 12.8. The maximum atomic E-state index is 12.9. The van der Waals surface area contributed by atoms with Gasteiger partial charge in [-0.15, -0.1) is 0 Å². The van der Waals surface area contributed by atoms with Crippen LogP contribution in [0, 0.1) is 0 Å². The van der Waals surface area contributed by atoms with E-state index in [2.05, 4.69) is 20.3 Å².